The Balaban J connectivity index is 2.33. The molecule has 1 aliphatic rings. The summed E-state index contributed by atoms with van der Waals surface area (Å²) in [4.78, 5) is 2.27. The largest absolute Gasteiger partial charge is 0.390 e. The Morgan fingerprint density at radius 3 is 2.40 bits per heavy atom. The van der Waals surface area contributed by atoms with Crippen molar-refractivity contribution in [3.05, 3.63) is 0 Å². The van der Waals surface area contributed by atoms with E-state index in [1.165, 1.54) is 25.7 Å². The number of rotatable bonds is 4. The van der Waals surface area contributed by atoms with Crippen molar-refractivity contribution in [3.8, 4) is 0 Å². The molecule has 0 heterocycles. The predicted molar refractivity (Wildman–Crippen MR) is 63.7 cm³/mol. The summed E-state index contributed by atoms with van der Waals surface area (Å²) in [6.07, 6.45) is 4.72. The van der Waals surface area contributed by atoms with E-state index in [1.54, 1.807) is 0 Å². The van der Waals surface area contributed by atoms with Gasteiger partial charge in [-0.15, -0.1) is 0 Å². The Hall–Kier alpha value is -0.120. The first-order chi connectivity index (χ1) is 6.94. The molecule has 1 aliphatic carbocycles. The van der Waals surface area contributed by atoms with Crippen LogP contribution in [0.25, 0.3) is 0 Å². The molecule has 15 heavy (non-hydrogen) atoms. The zero-order valence-corrected chi connectivity index (χ0v) is 10.4. The second kappa shape index (κ2) is 5.28. The fourth-order valence-electron chi connectivity index (χ4n) is 2.38. The van der Waals surface area contributed by atoms with Crippen molar-refractivity contribution in [2.75, 3.05) is 20.1 Å². The quantitative estimate of drug-likeness (QED) is 0.739. The van der Waals surface area contributed by atoms with Gasteiger partial charge in [0.1, 0.15) is 0 Å². The van der Waals surface area contributed by atoms with Crippen LogP contribution in [0.3, 0.4) is 0 Å². The zero-order valence-electron chi connectivity index (χ0n) is 10.4. The Morgan fingerprint density at radius 2 is 1.93 bits per heavy atom. The number of aliphatic hydroxyl groups excluding tert-OH is 1. The van der Waals surface area contributed by atoms with Crippen molar-refractivity contribution in [2.24, 2.45) is 11.1 Å². The molecule has 1 saturated carbocycles. The number of hydrogen-bond donors (Lipinski definition) is 2. The number of nitrogens with zero attached hydrogens (tertiary/aromatic N) is 1. The van der Waals surface area contributed by atoms with Gasteiger partial charge < -0.3 is 15.7 Å². The standard InChI is InChI=1S/C12H26N2O/c1-12(2)6-4-10(5-7-12)14(3)9-11(15)8-13/h10-11,15H,4-9,13H2,1-3H3. The van der Waals surface area contributed by atoms with Crippen LogP contribution < -0.4 is 5.73 Å². The minimum Gasteiger partial charge on any atom is -0.390 e. The van der Waals surface area contributed by atoms with Crippen LogP contribution in [0.5, 0.6) is 0 Å². The first kappa shape index (κ1) is 12.9. The monoisotopic (exact) mass is 214 g/mol. The molecule has 0 aliphatic heterocycles. The highest BCUT2D eigenvalue weighted by Crippen LogP contribution is 2.36. The topological polar surface area (TPSA) is 49.5 Å². The molecule has 3 heteroatoms. The maximum Gasteiger partial charge on any atom is 0.0789 e. The third-order valence-corrected chi connectivity index (χ3v) is 3.70. The van der Waals surface area contributed by atoms with Gasteiger partial charge in [0.25, 0.3) is 0 Å². The highest BCUT2D eigenvalue weighted by atomic mass is 16.3. The second-order valence-corrected chi connectivity index (χ2v) is 5.72. The van der Waals surface area contributed by atoms with E-state index in [0.29, 0.717) is 24.5 Å². The lowest BCUT2D eigenvalue weighted by molar-refractivity contribution is 0.0761. The molecule has 0 bridgehead atoms. The summed E-state index contributed by atoms with van der Waals surface area (Å²) in [5, 5.41) is 9.49. The van der Waals surface area contributed by atoms with Gasteiger partial charge in [-0.2, -0.15) is 0 Å². The smallest absolute Gasteiger partial charge is 0.0789 e. The number of likely N-dealkylation sites (N-methyl/N-ethyl adjacent to an activating group) is 1. The molecule has 0 aromatic rings. The molecule has 1 fully saturated rings. The summed E-state index contributed by atoms with van der Waals surface area (Å²) in [5.41, 5.74) is 5.93. The van der Waals surface area contributed by atoms with Crippen molar-refractivity contribution in [1.82, 2.24) is 4.90 Å². The van der Waals surface area contributed by atoms with Crippen LogP contribution in [0, 0.1) is 5.41 Å². The lowest BCUT2D eigenvalue weighted by atomic mass is 9.75. The Bertz CT molecular complexity index is 184. The van der Waals surface area contributed by atoms with Gasteiger partial charge in [-0.25, -0.2) is 0 Å². The molecule has 3 N–H and O–H groups in total. The number of hydrogen-bond acceptors (Lipinski definition) is 3. The van der Waals surface area contributed by atoms with E-state index in [-0.39, 0.29) is 6.10 Å². The number of aliphatic hydroxyl groups is 1. The zero-order chi connectivity index (χ0) is 11.5. The van der Waals surface area contributed by atoms with Crippen molar-refractivity contribution in [1.29, 1.82) is 0 Å². The first-order valence-electron chi connectivity index (χ1n) is 6.03. The molecule has 90 valence electrons. The van der Waals surface area contributed by atoms with Crippen LogP contribution in [0.15, 0.2) is 0 Å². The molecule has 0 aromatic heterocycles. The summed E-state index contributed by atoms with van der Waals surface area (Å²) < 4.78 is 0. The molecular weight excluding hydrogens is 188 g/mol. The summed E-state index contributed by atoms with van der Waals surface area (Å²) in [6.45, 7) is 5.76. The summed E-state index contributed by atoms with van der Waals surface area (Å²) in [7, 11) is 2.10. The molecule has 0 spiro atoms. The van der Waals surface area contributed by atoms with Crippen molar-refractivity contribution < 1.29 is 5.11 Å². The fraction of sp³-hybridized carbons (Fsp3) is 1.00. The van der Waals surface area contributed by atoms with E-state index < -0.39 is 0 Å². The molecule has 1 rings (SSSR count). The Morgan fingerprint density at radius 1 is 1.40 bits per heavy atom. The minimum atomic E-state index is -0.370. The van der Waals surface area contributed by atoms with Gasteiger partial charge >= 0.3 is 0 Å². The van der Waals surface area contributed by atoms with Gasteiger partial charge in [0.05, 0.1) is 6.10 Å². The summed E-state index contributed by atoms with van der Waals surface area (Å²) in [6, 6.07) is 0.638. The molecule has 0 saturated heterocycles. The molecule has 3 nitrogen and oxygen atoms in total. The van der Waals surface area contributed by atoms with Crippen LogP contribution in [-0.4, -0.2) is 42.3 Å². The van der Waals surface area contributed by atoms with Crippen molar-refractivity contribution in [3.63, 3.8) is 0 Å². The maximum atomic E-state index is 9.49. The van der Waals surface area contributed by atoms with E-state index in [4.69, 9.17) is 5.73 Å². The first-order valence-corrected chi connectivity index (χ1v) is 6.03. The Kier molecular flexibility index (Phi) is 4.56. The van der Waals surface area contributed by atoms with Crippen LogP contribution in [0.1, 0.15) is 39.5 Å². The summed E-state index contributed by atoms with van der Waals surface area (Å²) in [5.74, 6) is 0. The van der Waals surface area contributed by atoms with Crippen LogP contribution in [0.4, 0.5) is 0 Å². The second-order valence-electron chi connectivity index (χ2n) is 5.72. The third-order valence-electron chi connectivity index (χ3n) is 3.70. The third kappa shape index (κ3) is 4.09. The van der Waals surface area contributed by atoms with Gasteiger partial charge in [-0.05, 0) is 38.1 Å². The fourth-order valence-corrected chi connectivity index (χ4v) is 2.38. The summed E-state index contributed by atoms with van der Waals surface area (Å²) >= 11 is 0. The average molecular weight is 214 g/mol. The molecule has 0 amide bonds. The normalized spacial score (nSPS) is 24.4. The van der Waals surface area contributed by atoms with E-state index in [9.17, 15) is 5.11 Å². The molecular formula is C12H26N2O. The van der Waals surface area contributed by atoms with Crippen molar-refractivity contribution in [2.45, 2.75) is 51.7 Å². The molecule has 0 aromatic carbocycles. The van der Waals surface area contributed by atoms with E-state index in [0.717, 1.165) is 0 Å². The van der Waals surface area contributed by atoms with Gasteiger partial charge in [0.2, 0.25) is 0 Å². The molecule has 1 atom stereocenters. The van der Waals surface area contributed by atoms with Gasteiger partial charge in [0, 0.05) is 19.1 Å². The highest BCUT2D eigenvalue weighted by molar-refractivity contribution is 4.83. The van der Waals surface area contributed by atoms with E-state index in [2.05, 4.69) is 25.8 Å². The van der Waals surface area contributed by atoms with Gasteiger partial charge in [-0.3, -0.25) is 0 Å². The van der Waals surface area contributed by atoms with Crippen LogP contribution >= 0.6 is 0 Å². The average Bonchev–Trinajstić information content (AvgIpc) is 2.17. The van der Waals surface area contributed by atoms with Crippen molar-refractivity contribution >= 4 is 0 Å². The molecule has 0 radical (unpaired) electrons. The lowest BCUT2D eigenvalue weighted by Gasteiger charge is -2.39. The van der Waals surface area contributed by atoms with Crippen LogP contribution in [-0.2, 0) is 0 Å². The minimum absolute atomic E-state index is 0.364. The Labute approximate surface area is 93.6 Å². The van der Waals surface area contributed by atoms with E-state index in [1.807, 2.05) is 0 Å². The van der Waals surface area contributed by atoms with Gasteiger partial charge in [0.15, 0.2) is 0 Å². The number of nitrogens with two attached hydrogens (primary N) is 1. The van der Waals surface area contributed by atoms with E-state index >= 15 is 0 Å². The highest BCUT2D eigenvalue weighted by Gasteiger charge is 2.29. The predicted octanol–water partition coefficient (Wildman–Crippen LogP) is 1.21. The van der Waals surface area contributed by atoms with Crippen LogP contribution in [0.2, 0.25) is 0 Å². The van der Waals surface area contributed by atoms with Gasteiger partial charge in [-0.1, -0.05) is 13.8 Å². The lowest BCUT2D eigenvalue weighted by Crippen LogP contribution is -2.42. The molecule has 1 unspecified atom stereocenters. The SMILES string of the molecule is CN(CC(O)CN)C1CCC(C)(C)CC1. The maximum absolute atomic E-state index is 9.49.